The summed E-state index contributed by atoms with van der Waals surface area (Å²) in [7, 11) is 1.53. The van der Waals surface area contributed by atoms with Crippen LogP contribution in [-0.4, -0.2) is 61.8 Å². The van der Waals surface area contributed by atoms with Crippen LogP contribution in [0.3, 0.4) is 0 Å². The molecule has 1 N–H and O–H groups in total. The lowest BCUT2D eigenvalue weighted by molar-refractivity contribution is 0.405. The van der Waals surface area contributed by atoms with Crippen molar-refractivity contribution in [2.45, 2.75) is 17.9 Å². The minimum absolute atomic E-state index is 0.00558. The maximum Gasteiger partial charge on any atom is 0.244 e. The van der Waals surface area contributed by atoms with Crippen molar-refractivity contribution < 1.29 is 8.42 Å². The number of sulfonamides is 1. The first-order valence-corrected chi connectivity index (χ1v) is 12.4. The van der Waals surface area contributed by atoms with Crippen molar-refractivity contribution in [1.29, 1.82) is 0 Å². The summed E-state index contributed by atoms with van der Waals surface area (Å²) in [4.78, 5) is 11.1. The van der Waals surface area contributed by atoms with Crippen LogP contribution < -0.4 is 5.32 Å². The maximum atomic E-state index is 13.1. The Balaban J connectivity index is 1.88. The SMILES string of the molecule is CN(C)CCCNc1nc(CN(C)S(=O)(=O)c2ccc(Cl)c(Cl)c2Cl)nc2ccccc12. The van der Waals surface area contributed by atoms with E-state index in [1.54, 1.807) is 0 Å². The summed E-state index contributed by atoms with van der Waals surface area (Å²) in [5.41, 5.74) is 0.728. The Kier molecular flexibility index (Phi) is 8.19. The molecule has 0 spiro atoms. The van der Waals surface area contributed by atoms with Crippen LogP contribution in [0.2, 0.25) is 15.1 Å². The van der Waals surface area contributed by atoms with Gasteiger partial charge < -0.3 is 10.2 Å². The number of para-hydroxylation sites is 1. The van der Waals surface area contributed by atoms with E-state index < -0.39 is 10.0 Å². The fourth-order valence-electron chi connectivity index (χ4n) is 3.09. The Hall–Kier alpha value is -1.68. The van der Waals surface area contributed by atoms with Crippen molar-refractivity contribution in [3.8, 4) is 0 Å². The molecule has 3 rings (SSSR count). The molecule has 1 heterocycles. The lowest BCUT2D eigenvalue weighted by atomic mass is 10.2. The van der Waals surface area contributed by atoms with E-state index >= 15 is 0 Å². The lowest BCUT2D eigenvalue weighted by Crippen LogP contribution is -2.28. The Bertz CT molecular complexity index is 1220. The zero-order chi connectivity index (χ0) is 23.5. The second-order valence-electron chi connectivity index (χ2n) is 7.52. The predicted molar refractivity (Wildman–Crippen MR) is 131 cm³/mol. The van der Waals surface area contributed by atoms with Crippen molar-refractivity contribution >= 4 is 61.5 Å². The highest BCUT2D eigenvalue weighted by molar-refractivity contribution is 7.89. The molecule has 0 bridgehead atoms. The molecule has 172 valence electrons. The number of aromatic nitrogens is 2. The zero-order valence-electron chi connectivity index (χ0n) is 17.9. The molecule has 3 aromatic rings. The number of hydrogen-bond acceptors (Lipinski definition) is 6. The van der Waals surface area contributed by atoms with Crippen LogP contribution in [0.5, 0.6) is 0 Å². The molecule has 0 saturated heterocycles. The molecule has 7 nitrogen and oxygen atoms in total. The number of fused-ring (bicyclic) bond motifs is 1. The van der Waals surface area contributed by atoms with Crippen molar-refractivity contribution in [3.63, 3.8) is 0 Å². The minimum Gasteiger partial charge on any atom is -0.369 e. The molecular formula is C21H24Cl3N5O2S. The number of benzene rings is 2. The van der Waals surface area contributed by atoms with Crippen LogP contribution in [0.15, 0.2) is 41.3 Å². The molecule has 0 aliphatic carbocycles. The number of halogens is 3. The number of nitrogens with one attached hydrogen (secondary N) is 1. The van der Waals surface area contributed by atoms with Gasteiger partial charge in [-0.15, -0.1) is 0 Å². The van der Waals surface area contributed by atoms with E-state index in [-0.39, 0.29) is 26.5 Å². The fraction of sp³-hybridized carbons (Fsp3) is 0.333. The van der Waals surface area contributed by atoms with Crippen LogP contribution >= 0.6 is 34.8 Å². The maximum absolute atomic E-state index is 13.1. The molecule has 0 atom stereocenters. The van der Waals surface area contributed by atoms with Crippen LogP contribution in [0.4, 0.5) is 5.82 Å². The third kappa shape index (κ3) is 5.62. The molecule has 1 aromatic heterocycles. The summed E-state index contributed by atoms with van der Waals surface area (Å²) >= 11 is 18.1. The standard InChI is InChI=1S/C21H24Cl3N5O2S/c1-28(2)12-6-11-25-21-14-7-4-5-8-16(14)26-18(27-21)13-29(3)32(30,31)17-10-9-15(22)19(23)20(17)24/h4-5,7-10H,6,11-13H2,1-3H3,(H,25,26,27). The highest BCUT2D eigenvalue weighted by Gasteiger charge is 2.26. The monoisotopic (exact) mass is 515 g/mol. The van der Waals surface area contributed by atoms with Gasteiger partial charge in [0.15, 0.2) is 0 Å². The van der Waals surface area contributed by atoms with Gasteiger partial charge in [0.1, 0.15) is 16.5 Å². The summed E-state index contributed by atoms with van der Waals surface area (Å²) in [5.74, 6) is 1.03. The molecule has 0 aliphatic heterocycles. The van der Waals surface area contributed by atoms with E-state index in [1.165, 1.54) is 19.2 Å². The van der Waals surface area contributed by atoms with E-state index in [0.717, 1.165) is 34.7 Å². The molecule has 0 fully saturated rings. The topological polar surface area (TPSA) is 78.4 Å². The van der Waals surface area contributed by atoms with Crippen LogP contribution in [0, 0.1) is 0 Å². The number of rotatable bonds is 9. The summed E-state index contributed by atoms with van der Waals surface area (Å²) < 4.78 is 27.4. The summed E-state index contributed by atoms with van der Waals surface area (Å²) in [6.07, 6.45) is 0.935. The Morgan fingerprint density at radius 3 is 2.41 bits per heavy atom. The Morgan fingerprint density at radius 1 is 0.969 bits per heavy atom. The van der Waals surface area contributed by atoms with Gasteiger partial charge in [0.2, 0.25) is 10.0 Å². The molecule has 0 saturated carbocycles. The number of anilines is 1. The Labute approximate surface area is 203 Å². The average Bonchev–Trinajstić information content (AvgIpc) is 2.74. The Morgan fingerprint density at radius 2 is 1.69 bits per heavy atom. The minimum atomic E-state index is -3.95. The molecule has 32 heavy (non-hydrogen) atoms. The molecule has 0 radical (unpaired) electrons. The van der Waals surface area contributed by atoms with Crippen molar-refractivity contribution in [3.05, 3.63) is 57.3 Å². The summed E-state index contributed by atoms with van der Waals surface area (Å²) in [5, 5.41) is 4.28. The van der Waals surface area contributed by atoms with Crippen LogP contribution in [-0.2, 0) is 16.6 Å². The third-order valence-electron chi connectivity index (χ3n) is 4.78. The molecule has 0 amide bonds. The van der Waals surface area contributed by atoms with Gasteiger partial charge in [0, 0.05) is 19.0 Å². The first kappa shape index (κ1) is 25.0. The first-order valence-electron chi connectivity index (χ1n) is 9.85. The number of hydrogen-bond donors (Lipinski definition) is 1. The van der Waals surface area contributed by atoms with Gasteiger partial charge in [-0.25, -0.2) is 18.4 Å². The quantitative estimate of drug-likeness (QED) is 0.326. The van der Waals surface area contributed by atoms with Crippen LogP contribution in [0.25, 0.3) is 10.9 Å². The normalized spacial score (nSPS) is 12.1. The molecule has 2 aromatic carbocycles. The van der Waals surface area contributed by atoms with Gasteiger partial charge in [0.05, 0.1) is 27.1 Å². The zero-order valence-corrected chi connectivity index (χ0v) is 21.0. The summed E-state index contributed by atoms with van der Waals surface area (Å²) in [6, 6.07) is 10.3. The van der Waals surface area contributed by atoms with Gasteiger partial charge in [-0.2, -0.15) is 4.31 Å². The molecule has 11 heteroatoms. The van der Waals surface area contributed by atoms with Gasteiger partial charge in [-0.3, -0.25) is 0 Å². The molecule has 0 aliphatic rings. The largest absolute Gasteiger partial charge is 0.369 e. The van der Waals surface area contributed by atoms with Crippen molar-refractivity contribution in [1.82, 2.24) is 19.2 Å². The van der Waals surface area contributed by atoms with E-state index in [2.05, 4.69) is 20.2 Å². The molecule has 0 unspecified atom stereocenters. The smallest absolute Gasteiger partial charge is 0.244 e. The second kappa shape index (κ2) is 10.5. The van der Waals surface area contributed by atoms with Crippen molar-refractivity contribution in [2.75, 3.05) is 39.5 Å². The van der Waals surface area contributed by atoms with Gasteiger partial charge in [0.25, 0.3) is 0 Å². The van der Waals surface area contributed by atoms with E-state index in [4.69, 9.17) is 34.8 Å². The number of nitrogens with zero attached hydrogens (tertiary/aromatic N) is 4. The fourth-order valence-corrected chi connectivity index (χ4v) is 5.17. The van der Waals surface area contributed by atoms with Gasteiger partial charge in [-0.05, 0) is 51.3 Å². The van der Waals surface area contributed by atoms with E-state index in [1.807, 2.05) is 38.4 Å². The lowest BCUT2D eigenvalue weighted by Gasteiger charge is -2.19. The highest BCUT2D eigenvalue weighted by Crippen LogP contribution is 2.36. The van der Waals surface area contributed by atoms with Gasteiger partial charge >= 0.3 is 0 Å². The van der Waals surface area contributed by atoms with Crippen molar-refractivity contribution in [2.24, 2.45) is 0 Å². The average molecular weight is 517 g/mol. The molecular weight excluding hydrogens is 493 g/mol. The summed E-state index contributed by atoms with van der Waals surface area (Å²) in [6.45, 7) is 1.62. The van der Waals surface area contributed by atoms with E-state index in [9.17, 15) is 8.42 Å². The highest BCUT2D eigenvalue weighted by atomic mass is 35.5. The second-order valence-corrected chi connectivity index (χ2v) is 10.7. The van der Waals surface area contributed by atoms with Gasteiger partial charge in [-0.1, -0.05) is 46.9 Å². The predicted octanol–water partition coefficient (Wildman–Crippen LogP) is 4.77. The van der Waals surface area contributed by atoms with Crippen LogP contribution in [0.1, 0.15) is 12.2 Å². The third-order valence-corrected chi connectivity index (χ3v) is 8.03. The first-order chi connectivity index (χ1) is 15.1. The van der Waals surface area contributed by atoms with E-state index in [0.29, 0.717) is 11.6 Å².